The van der Waals surface area contributed by atoms with E-state index in [1.807, 2.05) is 0 Å². The van der Waals surface area contributed by atoms with Gasteiger partial charge in [0, 0.05) is 11.0 Å². The largest absolute Gasteiger partial charge is 0.478 e. The van der Waals surface area contributed by atoms with Gasteiger partial charge in [0.15, 0.2) is 5.41 Å². The molecular weight excluding hydrogens is 276 g/mol. The number of hydrogen-bond acceptors (Lipinski definition) is 5. The highest BCUT2D eigenvalue weighted by molar-refractivity contribution is 6.01. The first-order valence-corrected chi connectivity index (χ1v) is 7.11. The SMILES string of the molecule is C=C(C(=O)O)C12CC1CC(C(=O)OCC)(C(=O)OCC)C2. The molecule has 0 aromatic heterocycles. The molecule has 0 heterocycles. The summed E-state index contributed by atoms with van der Waals surface area (Å²) in [4.78, 5) is 35.8. The Morgan fingerprint density at radius 2 is 1.67 bits per heavy atom. The summed E-state index contributed by atoms with van der Waals surface area (Å²) in [7, 11) is 0. The van der Waals surface area contributed by atoms with Gasteiger partial charge in [-0.1, -0.05) is 6.58 Å². The second kappa shape index (κ2) is 5.16. The Labute approximate surface area is 123 Å². The molecular formula is C15H20O6. The van der Waals surface area contributed by atoms with Crippen LogP contribution in [0, 0.1) is 16.7 Å². The normalized spacial score (nSPS) is 28.4. The van der Waals surface area contributed by atoms with Crippen LogP contribution in [0.25, 0.3) is 0 Å². The second-order valence-corrected chi connectivity index (χ2v) is 5.74. The zero-order chi connectivity index (χ0) is 15.8. The molecule has 0 bridgehead atoms. The van der Waals surface area contributed by atoms with Gasteiger partial charge in [0.05, 0.1) is 13.2 Å². The number of hydrogen-bond donors (Lipinski definition) is 1. The number of carbonyl (C=O) groups excluding carboxylic acids is 2. The van der Waals surface area contributed by atoms with Crippen molar-refractivity contribution in [2.45, 2.75) is 33.1 Å². The molecule has 6 heteroatoms. The summed E-state index contributed by atoms with van der Waals surface area (Å²) in [5.74, 6) is -2.34. The molecule has 21 heavy (non-hydrogen) atoms. The van der Waals surface area contributed by atoms with E-state index in [9.17, 15) is 14.4 Å². The zero-order valence-electron chi connectivity index (χ0n) is 12.3. The minimum Gasteiger partial charge on any atom is -0.478 e. The molecule has 2 rings (SSSR count). The summed E-state index contributed by atoms with van der Waals surface area (Å²) in [5.41, 5.74) is -1.97. The van der Waals surface area contributed by atoms with Crippen molar-refractivity contribution >= 4 is 17.9 Å². The molecule has 0 radical (unpaired) electrons. The summed E-state index contributed by atoms with van der Waals surface area (Å²) in [6.45, 7) is 7.28. The number of ether oxygens (including phenoxy) is 2. The molecule has 0 saturated heterocycles. The van der Waals surface area contributed by atoms with E-state index in [0.717, 1.165) is 0 Å². The molecule has 116 valence electrons. The topological polar surface area (TPSA) is 89.9 Å². The zero-order valence-corrected chi connectivity index (χ0v) is 12.3. The number of carbonyl (C=O) groups is 3. The van der Waals surface area contributed by atoms with Crippen LogP contribution in [0.15, 0.2) is 12.2 Å². The van der Waals surface area contributed by atoms with Crippen molar-refractivity contribution in [1.82, 2.24) is 0 Å². The standard InChI is InChI=1S/C15H20O6/c1-4-20-12(18)15(13(19)21-5-2)7-10-6-14(10,8-15)9(3)11(16)17/h10H,3-8H2,1-2H3,(H,16,17). The van der Waals surface area contributed by atoms with Gasteiger partial charge >= 0.3 is 17.9 Å². The van der Waals surface area contributed by atoms with Gasteiger partial charge in [-0.05, 0) is 39.0 Å². The number of rotatable bonds is 6. The Balaban J connectivity index is 2.29. The van der Waals surface area contributed by atoms with Crippen LogP contribution in [0.4, 0.5) is 0 Å². The predicted octanol–water partition coefficient (Wildman–Crippen LogP) is 1.54. The monoisotopic (exact) mass is 296 g/mol. The van der Waals surface area contributed by atoms with Crippen molar-refractivity contribution in [2.75, 3.05) is 13.2 Å². The molecule has 6 nitrogen and oxygen atoms in total. The molecule has 2 aliphatic rings. The van der Waals surface area contributed by atoms with Gasteiger partial charge in [0.25, 0.3) is 0 Å². The molecule has 0 aromatic rings. The molecule has 0 amide bonds. The lowest BCUT2D eigenvalue weighted by Gasteiger charge is -2.27. The van der Waals surface area contributed by atoms with Crippen LogP contribution in [0.5, 0.6) is 0 Å². The van der Waals surface area contributed by atoms with Crippen molar-refractivity contribution in [3.05, 3.63) is 12.2 Å². The third-order valence-electron chi connectivity index (χ3n) is 4.64. The van der Waals surface area contributed by atoms with Gasteiger partial charge in [-0.15, -0.1) is 0 Å². The Morgan fingerprint density at radius 1 is 1.14 bits per heavy atom. The van der Waals surface area contributed by atoms with Crippen LogP contribution in [0.1, 0.15) is 33.1 Å². The number of fused-ring (bicyclic) bond motifs is 1. The van der Waals surface area contributed by atoms with Gasteiger partial charge in [-0.3, -0.25) is 9.59 Å². The van der Waals surface area contributed by atoms with Crippen molar-refractivity contribution in [3.8, 4) is 0 Å². The number of aliphatic carboxylic acids is 1. The van der Waals surface area contributed by atoms with E-state index in [1.54, 1.807) is 13.8 Å². The molecule has 0 aliphatic heterocycles. The Kier molecular flexibility index (Phi) is 3.82. The van der Waals surface area contributed by atoms with E-state index in [2.05, 4.69) is 6.58 Å². The maximum absolute atomic E-state index is 12.3. The summed E-state index contributed by atoms with van der Waals surface area (Å²) in [6, 6.07) is 0. The number of carboxylic acid groups (broad SMARTS) is 1. The first kappa shape index (κ1) is 15.5. The maximum atomic E-state index is 12.3. The second-order valence-electron chi connectivity index (χ2n) is 5.74. The van der Waals surface area contributed by atoms with Gasteiger partial charge in [0.2, 0.25) is 0 Å². The van der Waals surface area contributed by atoms with Gasteiger partial charge in [0.1, 0.15) is 0 Å². The van der Waals surface area contributed by atoms with Crippen LogP contribution in [0.2, 0.25) is 0 Å². The number of carboxylic acids is 1. The highest BCUT2D eigenvalue weighted by Gasteiger charge is 2.72. The molecule has 1 N–H and O–H groups in total. The Hall–Kier alpha value is -1.85. The van der Waals surface area contributed by atoms with Crippen molar-refractivity contribution < 1.29 is 29.0 Å². The minimum atomic E-state index is -1.38. The van der Waals surface area contributed by atoms with Crippen molar-refractivity contribution in [3.63, 3.8) is 0 Å². The van der Waals surface area contributed by atoms with Crippen LogP contribution in [-0.2, 0) is 23.9 Å². The fourth-order valence-corrected chi connectivity index (χ4v) is 3.52. The predicted molar refractivity (Wildman–Crippen MR) is 72.2 cm³/mol. The summed E-state index contributed by atoms with van der Waals surface area (Å²) in [5, 5.41) is 9.16. The molecule has 0 aromatic carbocycles. The summed E-state index contributed by atoms with van der Waals surface area (Å²) in [6.07, 6.45) is 1.04. The Morgan fingerprint density at radius 3 is 2.10 bits per heavy atom. The van der Waals surface area contributed by atoms with Gasteiger partial charge in [-0.25, -0.2) is 4.79 Å². The first-order valence-electron chi connectivity index (χ1n) is 7.11. The molecule has 0 spiro atoms. The van der Waals surface area contributed by atoms with E-state index in [-0.39, 0.29) is 37.5 Å². The fraction of sp³-hybridized carbons (Fsp3) is 0.667. The van der Waals surface area contributed by atoms with Crippen LogP contribution < -0.4 is 0 Å². The lowest BCUT2D eigenvalue weighted by atomic mass is 9.79. The van der Waals surface area contributed by atoms with E-state index in [1.165, 1.54) is 0 Å². The third-order valence-corrected chi connectivity index (χ3v) is 4.64. The van der Waals surface area contributed by atoms with E-state index >= 15 is 0 Å². The van der Waals surface area contributed by atoms with E-state index in [0.29, 0.717) is 6.42 Å². The quantitative estimate of drug-likeness (QED) is 0.454. The van der Waals surface area contributed by atoms with E-state index < -0.39 is 28.7 Å². The molecule has 2 fully saturated rings. The molecule has 2 unspecified atom stereocenters. The fourth-order valence-electron chi connectivity index (χ4n) is 3.52. The van der Waals surface area contributed by atoms with Crippen molar-refractivity contribution in [1.29, 1.82) is 0 Å². The maximum Gasteiger partial charge on any atom is 0.331 e. The lowest BCUT2D eigenvalue weighted by molar-refractivity contribution is -0.173. The summed E-state index contributed by atoms with van der Waals surface area (Å²) >= 11 is 0. The summed E-state index contributed by atoms with van der Waals surface area (Å²) < 4.78 is 10.1. The number of esters is 2. The van der Waals surface area contributed by atoms with Crippen LogP contribution in [-0.4, -0.2) is 36.2 Å². The average Bonchev–Trinajstić information content (AvgIpc) is 3.01. The van der Waals surface area contributed by atoms with Crippen LogP contribution in [0.3, 0.4) is 0 Å². The lowest BCUT2D eigenvalue weighted by Crippen LogP contribution is -2.42. The third kappa shape index (κ3) is 2.22. The Bertz CT molecular complexity index is 490. The first-order chi connectivity index (χ1) is 9.84. The highest BCUT2D eigenvalue weighted by atomic mass is 16.6. The van der Waals surface area contributed by atoms with E-state index in [4.69, 9.17) is 14.6 Å². The van der Waals surface area contributed by atoms with Gasteiger partial charge in [-0.2, -0.15) is 0 Å². The van der Waals surface area contributed by atoms with Gasteiger partial charge < -0.3 is 14.6 Å². The molecule has 2 saturated carbocycles. The highest BCUT2D eigenvalue weighted by Crippen LogP contribution is 2.72. The van der Waals surface area contributed by atoms with Crippen LogP contribution >= 0.6 is 0 Å². The average molecular weight is 296 g/mol. The molecule has 2 aliphatic carbocycles. The van der Waals surface area contributed by atoms with Crippen molar-refractivity contribution in [2.24, 2.45) is 16.7 Å². The smallest absolute Gasteiger partial charge is 0.331 e. The molecule has 2 atom stereocenters. The minimum absolute atomic E-state index is 0.0186.